The summed E-state index contributed by atoms with van der Waals surface area (Å²) < 4.78 is 1.70. The molecule has 84 valence electrons. The van der Waals surface area contributed by atoms with Crippen LogP contribution in [0.5, 0.6) is 5.75 Å². The standard InChI is InChI=1S/C11H12ClN3O/c1-15-6-5-11(14-15)13-7-8-9(12)3-2-4-10(8)16/h2-6,16H,7H2,1H3,(H,13,14). The van der Waals surface area contributed by atoms with Crippen LogP contribution in [-0.2, 0) is 13.6 Å². The Hall–Kier alpha value is -1.68. The van der Waals surface area contributed by atoms with Gasteiger partial charge in [-0.1, -0.05) is 17.7 Å². The topological polar surface area (TPSA) is 50.1 Å². The average Bonchev–Trinajstić information content (AvgIpc) is 2.63. The predicted octanol–water partition coefficient (Wildman–Crippen LogP) is 2.39. The van der Waals surface area contributed by atoms with Gasteiger partial charge in [0.2, 0.25) is 0 Å². The summed E-state index contributed by atoms with van der Waals surface area (Å²) in [6.45, 7) is 0.447. The predicted molar refractivity (Wildman–Crippen MR) is 63.7 cm³/mol. The normalized spacial score (nSPS) is 10.4. The van der Waals surface area contributed by atoms with Crippen molar-refractivity contribution >= 4 is 17.4 Å². The van der Waals surface area contributed by atoms with Crippen LogP contribution >= 0.6 is 11.6 Å². The molecule has 0 fully saturated rings. The van der Waals surface area contributed by atoms with Crippen molar-refractivity contribution in [3.05, 3.63) is 41.0 Å². The number of nitrogens with one attached hydrogen (secondary N) is 1. The lowest BCUT2D eigenvalue weighted by molar-refractivity contribution is 0.469. The van der Waals surface area contributed by atoms with E-state index in [1.54, 1.807) is 22.9 Å². The van der Waals surface area contributed by atoms with Crippen LogP contribution in [0.1, 0.15) is 5.56 Å². The summed E-state index contributed by atoms with van der Waals surface area (Å²) in [7, 11) is 1.85. The van der Waals surface area contributed by atoms with Crippen LogP contribution in [0.2, 0.25) is 5.02 Å². The van der Waals surface area contributed by atoms with Crippen LogP contribution < -0.4 is 5.32 Å². The molecule has 2 N–H and O–H groups in total. The fourth-order valence-electron chi connectivity index (χ4n) is 1.41. The quantitative estimate of drug-likeness (QED) is 0.862. The van der Waals surface area contributed by atoms with Gasteiger partial charge in [0.15, 0.2) is 0 Å². The third kappa shape index (κ3) is 2.28. The molecule has 16 heavy (non-hydrogen) atoms. The summed E-state index contributed by atoms with van der Waals surface area (Å²) in [6, 6.07) is 6.92. The second-order valence-electron chi connectivity index (χ2n) is 3.47. The third-order valence-electron chi connectivity index (χ3n) is 2.25. The van der Waals surface area contributed by atoms with Crippen molar-refractivity contribution in [1.29, 1.82) is 0 Å². The summed E-state index contributed by atoms with van der Waals surface area (Å²) in [4.78, 5) is 0. The first-order valence-electron chi connectivity index (χ1n) is 4.86. The highest BCUT2D eigenvalue weighted by molar-refractivity contribution is 6.31. The summed E-state index contributed by atoms with van der Waals surface area (Å²) in [5, 5.41) is 17.4. The molecule has 1 heterocycles. The molecule has 4 nitrogen and oxygen atoms in total. The van der Waals surface area contributed by atoms with Gasteiger partial charge in [-0.25, -0.2) is 0 Å². The first kappa shape index (κ1) is 10.8. The molecule has 0 aliphatic rings. The molecule has 0 saturated heterocycles. The number of halogens is 1. The molecule has 1 aromatic heterocycles. The Kier molecular flexibility index (Phi) is 3.01. The number of aryl methyl sites for hydroxylation is 1. The molecule has 5 heteroatoms. The lowest BCUT2D eigenvalue weighted by atomic mass is 10.2. The summed E-state index contributed by atoms with van der Waals surface area (Å²) in [5.74, 6) is 0.942. The number of phenols is 1. The van der Waals surface area contributed by atoms with Crippen LogP contribution in [0.15, 0.2) is 30.5 Å². The van der Waals surface area contributed by atoms with Gasteiger partial charge in [-0.05, 0) is 12.1 Å². The lowest BCUT2D eigenvalue weighted by Crippen LogP contribution is -2.01. The highest BCUT2D eigenvalue weighted by Gasteiger charge is 2.06. The highest BCUT2D eigenvalue weighted by atomic mass is 35.5. The number of rotatable bonds is 3. The van der Waals surface area contributed by atoms with Crippen LogP contribution in [0, 0.1) is 0 Å². The smallest absolute Gasteiger partial charge is 0.148 e. The number of aromatic hydroxyl groups is 1. The fourth-order valence-corrected chi connectivity index (χ4v) is 1.65. The molecule has 2 rings (SSSR count). The number of aromatic nitrogens is 2. The van der Waals surface area contributed by atoms with E-state index < -0.39 is 0 Å². The molecule has 0 aliphatic carbocycles. The second kappa shape index (κ2) is 4.45. The molecule has 2 aromatic rings. The van der Waals surface area contributed by atoms with E-state index in [0.29, 0.717) is 17.1 Å². The average molecular weight is 238 g/mol. The van der Waals surface area contributed by atoms with Crippen molar-refractivity contribution in [2.24, 2.45) is 7.05 Å². The maximum atomic E-state index is 9.62. The van der Waals surface area contributed by atoms with Gasteiger partial charge in [0.1, 0.15) is 11.6 Å². The number of nitrogens with zero attached hydrogens (tertiary/aromatic N) is 2. The number of anilines is 1. The van der Waals surface area contributed by atoms with Crippen molar-refractivity contribution in [1.82, 2.24) is 9.78 Å². The van der Waals surface area contributed by atoms with Gasteiger partial charge in [-0.2, -0.15) is 5.10 Å². The van der Waals surface area contributed by atoms with Gasteiger partial charge in [0, 0.05) is 36.4 Å². The van der Waals surface area contributed by atoms with Crippen LogP contribution in [0.25, 0.3) is 0 Å². The molecule has 0 unspecified atom stereocenters. The molecule has 0 amide bonds. The molecule has 0 aliphatic heterocycles. The van der Waals surface area contributed by atoms with Crippen molar-refractivity contribution in [2.45, 2.75) is 6.54 Å². The Balaban J connectivity index is 2.10. The molecule has 0 saturated carbocycles. The Morgan fingerprint density at radius 3 is 2.88 bits per heavy atom. The zero-order valence-electron chi connectivity index (χ0n) is 8.81. The second-order valence-corrected chi connectivity index (χ2v) is 3.87. The first-order valence-corrected chi connectivity index (χ1v) is 5.24. The van der Waals surface area contributed by atoms with E-state index in [9.17, 15) is 5.11 Å². The zero-order chi connectivity index (χ0) is 11.5. The monoisotopic (exact) mass is 237 g/mol. The van der Waals surface area contributed by atoms with Crippen LogP contribution in [-0.4, -0.2) is 14.9 Å². The minimum Gasteiger partial charge on any atom is -0.508 e. The highest BCUT2D eigenvalue weighted by Crippen LogP contribution is 2.25. The molecule has 0 spiro atoms. The van der Waals surface area contributed by atoms with Crippen molar-refractivity contribution < 1.29 is 5.11 Å². The Labute approximate surface area is 98.5 Å². The van der Waals surface area contributed by atoms with Gasteiger partial charge < -0.3 is 10.4 Å². The van der Waals surface area contributed by atoms with E-state index in [2.05, 4.69) is 10.4 Å². The molecule has 0 bridgehead atoms. The van der Waals surface area contributed by atoms with Gasteiger partial charge >= 0.3 is 0 Å². The largest absolute Gasteiger partial charge is 0.508 e. The summed E-state index contributed by atoms with van der Waals surface area (Å²) in [5.41, 5.74) is 0.676. The van der Waals surface area contributed by atoms with E-state index in [1.807, 2.05) is 19.3 Å². The third-order valence-corrected chi connectivity index (χ3v) is 2.61. The minimum atomic E-state index is 0.191. The van der Waals surface area contributed by atoms with Gasteiger partial charge in [0.05, 0.1) is 0 Å². The SMILES string of the molecule is Cn1ccc(NCc2c(O)cccc2Cl)n1. The number of phenolic OH excluding ortho intramolecular Hbond substituents is 1. The number of hydrogen-bond donors (Lipinski definition) is 2. The molecular weight excluding hydrogens is 226 g/mol. The van der Waals surface area contributed by atoms with E-state index in [0.717, 1.165) is 5.82 Å². The number of benzene rings is 1. The lowest BCUT2D eigenvalue weighted by Gasteiger charge is -2.07. The van der Waals surface area contributed by atoms with Gasteiger partial charge in [0.25, 0.3) is 0 Å². The zero-order valence-corrected chi connectivity index (χ0v) is 9.57. The van der Waals surface area contributed by atoms with Crippen LogP contribution in [0.4, 0.5) is 5.82 Å². The Morgan fingerprint density at radius 1 is 1.44 bits per heavy atom. The fraction of sp³-hybridized carbons (Fsp3) is 0.182. The van der Waals surface area contributed by atoms with Gasteiger partial charge in [-0.3, -0.25) is 4.68 Å². The number of hydrogen-bond acceptors (Lipinski definition) is 3. The molecule has 0 radical (unpaired) electrons. The minimum absolute atomic E-state index is 0.191. The van der Waals surface area contributed by atoms with E-state index in [4.69, 9.17) is 11.6 Å². The van der Waals surface area contributed by atoms with Crippen molar-refractivity contribution in [3.63, 3.8) is 0 Å². The first-order chi connectivity index (χ1) is 7.66. The Bertz CT molecular complexity index is 475. The molecular formula is C11H12ClN3O. The maximum absolute atomic E-state index is 9.62. The van der Waals surface area contributed by atoms with E-state index in [-0.39, 0.29) is 5.75 Å². The van der Waals surface area contributed by atoms with E-state index >= 15 is 0 Å². The van der Waals surface area contributed by atoms with Crippen molar-refractivity contribution in [3.8, 4) is 5.75 Å². The van der Waals surface area contributed by atoms with Crippen molar-refractivity contribution in [2.75, 3.05) is 5.32 Å². The maximum Gasteiger partial charge on any atom is 0.148 e. The summed E-state index contributed by atoms with van der Waals surface area (Å²) in [6.07, 6.45) is 1.84. The van der Waals surface area contributed by atoms with Gasteiger partial charge in [-0.15, -0.1) is 0 Å². The summed E-state index contributed by atoms with van der Waals surface area (Å²) >= 11 is 5.98. The molecule has 1 aromatic carbocycles. The van der Waals surface area contributed by atoms with E-state index in [1.165, 1.54) is 0 Å². The Morgan fingerprint density at radius 2 is 2.25 bits per heavy atom. The van der Waals surface area contributed by atoms with Crippen LogP contribution in [0.3, 0.4) is 0 Å². The molecule has 0 atom stereocenters.